The van der Waals surface area contributed by atoms with Crippen molar-refractivity contribution in [3.63, 3.8) is 0 Å². The molecule has 0 radical (unpaired) electrons. The van der Waals surface area contributed by atoms with Crippen LogP contribution in [0.5, 0.6) is 0 Å². The number of rotatable bonds is 5. The van der Waals surface area contributed by atoms with E-state index in [1.54, 1.807) is 23.9 Å². The summed E-state index contributed by atoms with van der Waals surface area (Å²) in [7, 11) is 0. The van der Waals surface area contributed by atoms with E-state index in [2.05, 4.69) is 30.6 Å². The summed E-state index contributed by atoms with van der Waals surface area (Å²) < 4.78 is 0. The monoisotopic (exact) mass is 372 g/mol. The molecule has 0 saturated heterocycles. The fourth-order valence-corrected chi connectivity index (χ4v) is 3.35. The van der Waals surface area contributed by atoms with E-state index in [4.69, 9.17) is 0 Å². The third-order valence-corrected chi connectivity index (χ3v) is 5.46. The number of nitriles is 1. The summed E-state index contributed by atoms with van der Waals surface area (Å²) in [6, 6.07) is 24.8. The Bertz CT molecular complexity index is 1010. The maximum Gasteiger partial charge on any atom is 0.256 e. The molecule has 3 aromatic carbocycles. The van der Waals surface area contributed by atoms with Gasteiger partial charge in [-0.2, -0.15) is 17.0 Å². The van der Waals surface area contributed by atoms with E-state index in [0.29, 0.717) is 16.4 Å². The lowest BCUT2D eigenvalue weighted by Crippen LogP contribution is -2.13. The Hall–Kier alpha value is -3.03. The van der Waals surface area contributed by atoms with Crippen molar-refractivity contribution in [2.24, 2.45) is 0 Å². The first kappa shape index (κ1) is 18.8. The SMILES string of the molecule is CSC(C)c1cccc(NC(=O)c2ccccc2-c2ccccc2C#N)c1. The zero-order valence-corrected chi connectivity index (χ0v) is 16.1. The molecule has 1 unspecified atom stereocenters. The highest BCUT2D eigenvalue weighted by atomic mass is 32.2. The van der Waals surface area contributed by atoms with Gasteiger partial charge in [0.25, 0.3) is 5.91 Å². The Morgan fingerprint density at radius 3 is 2.44 bits per heavy atom. The van der Waals surface area contributed by atoms with Gasteiger partial charge in [-0.3, -0.25) is 4.79 Å². The van der Waals surface area contributed by atoms with Gasteiger partial charge in [0.15, 0.2) is 0 Å². The average Bonchev–Trinajstić information content (AvgIpc) is 2.73. The molecular formula is C23H20N2OS. The molecule has 3 aromatic rings. The van der Waals surface area contributed by atoms with Gasteiger partial charge in [0, 0.05) is 22.1 Å². The van der Waals surface area contributed by atoms with Gasteiger partial charge in [0.2, 0.25) is 0 Å². The van der Waals surface area contributed by atoms with Gasteiger partial charge < -0.3 is 5.32 Å². The second kappa shape index (κ2) is 8.57. The molecule has 0 aliphatic carbocycles. The minimum absolute atomic E-state index is 0.188. The largest absolute Gasteiger partial charge is 0.322 e. The first-order valence-electron chi connectivity index (χ1n) is 8.66. The minimum Gasteiger partial charge on any atom is -0.322 e. The van der Waals surface area contributed by atoms with E-state index >= 15 is 0 Å². The first-order valence-corrected chi connectivity index (χ1v) is 9.95. The molecule has 134 valence electrons. The quantitative estimate of drug-likeness (QED) is 0.606. The van der Waals surface area contributed by atoms with Crippen LogP contribution >= 0.6 is 11.8 Å². The summed E-state index contributed by atoms with van der Waals surface area (Å²) in [4.78, 5) is 13.0. The molecule has 0 bridgehead atoms. The molecule has 0 aromatic heterocycles. The van der Waals surface area contributed by atoms with E-state index < -0.39 is 0 Å². The number of amides is 1. The Labute approximate surface area is 164 Å². The van der Waals surface area contributed by atoms with Crippen molar-refractivity contribution in [3.05, 3.63) is 89.5 Å². The number of hydrogen-bond acceptors (Lipinski definition) is 3. The molecule has 0 fully saturated rings. The zero-order valence-electron chi connectivity index (χ0n) is 15.3. The Balaban J connectivity index is 1.94. The molecule has 3 nitrogen and oxygen atoms in total. The third kappa shape index (κ3) is 4.21. The molecule has 4 heteroatoms. The summed E-state index contributed by atoms with van der Waals surface area (Å²) in [5, 5.41) is 12.7. The molecule has 0 heterocycles. The van der Waals surface area contributed by atoms with E-state index in [1.165, 1.54) is 5.56 Å². The van der Waals surface area contributed by atoms with Crippen LogP contribution in [0.25, 0.3) is 11.1 Å². The third-order valence-electron chi connectivity index (χ3n) is 4.48. The number of anilines is 1. The molecular weight excluding hydrogens is 352 g/mol. The molecule has 1 atom stereocenters. The minimum atomic E-state index is -0.188. The smallest absolute Gasteiger partial charge is 0.256 e. The van der Waals surface area contributed by atoms with Crippen LogP contribution in [0.2, 0.25) is 0 Å². The number of nitrogens with one attached hydrogen (secondary N) is 1. The number of thioether (sulfide) groups is 1. The highest BCUT2D eigenvalue weighted by Gasteiger charge is 2.15. The van der Waals surface area contributed by atoms with Gasteiger partial charge in [-0.05, 0) is 48.6 Å². The molecule has 27 heavy (non-hydrogen) atoms. The van der Waals surface area contributed by atoms with Crippen molar-refractivity contribution in [1.29, 1.82) is 5.26 Å². The Morgan fingerprint density at radius 2 is 1.70 bits per heavy atom. The lowest BCUT2D eigenvalue weighted by molar-refractivity contribution is 0.102. The topological polar surface area (TPSA) is 52.9 Å². The Kier molecular flexibility index (Phi) is 5.95. The summed E-state index contributed by atoms with van der Waals surface area (Å²) in [6.45, 7) is 2.14. The fourth-order valence-electron chi connectivity index (χ4n) is 2.94. The highest BCUT2D eigenvalue weighted by molar-refractivity contribution is 7.98. The van der Waals surface area contributed by atoms with Crippen molar-refractivity contribution in [2.75, 3.05) is 11.6 Å². The second-order valence-electron chi connectivity index (χ2n) is 6.16. The average molecular weight is 372 g/mol. The summed E-state index contributed by atoms with van der Waals surface area (Å²) in [5.74, 6) is -0.188. The van der Waals surface area contributed by atoms with E-state index in [0.717, 1.165) is 16.8 Å². The molecule has 0 spiro atoms. The van der Waals surface area contributed by atoms with Crippen LogP contribution in [0.15, 0.2) is 72.8 Å². The Morgan fingerprint density at radius 1 is 1.00 bits per heavy atom. The van der Waals surface area contributed by atoms with Crippen LogP contribution in [-0.2, 0) is 0 Å². The molecule has 0 aliphatic heterocycles. The van der Waals surface area contributed by atoms with Gasteiger partial charge >= 0.3 is 0 Å². The second-order valence-corrected chi connectivity index (χ2v) is 7.34. The fraction of sp³-hybridized carbons (Fsp3) is 0.130. The molecule has 0 saturated carbocycles. The van der Waals surface area contributed by atoms with Crippen molar-refractivity contribution in [3.8, 4) is 17.2 Å². The lowest BCUT2D eigenvalue weighted by Gasteiger charge is -2.13. The van der Waals surface area contributed by atoms with E-state index in [9.17, 15) is 10.1 Å². The van der Waals surface area contributed by atoms with Gasteiger partial charge in [-0.25, -0.2) is 0 Å². The van der Waals surface area contributed by atoms with Crippen molar-refractivity contribution >= 4 is 23.4 Å². The predicted octanol–water partition coefficient (Wildman–Crippen LogP) is 5.90. The molecule has 3 rings (SSSR count). The highest BCUT2D eigenvalue weighted by Crippen LogP contribution is 2.29. The van der Waals surface area contributed by atoms with Crippen LogP contribution in [0.3, 0.4) is 0 Å². The number of carbonyl (C=O) groups is 1. The summed E-state index contributed by atoms with van der Waals surface area (Å²) >= 11 is 1.76. The van der Waals surface area contributed by atoms with Crippen LogP contribution in [0.4, 0.5) is 5.69 Å². The van der Waals surface area contributed by atoms with E-state index in [1.807, 2.05) is 54.6 Å². The number of hydrogen-bond donors (Lipinski definition) is 1. The van der Waals surface area contributed by atoms with Crippen LogP contribution < -0.4 is 5.32 Å². The standard InChI is InChI=1S/C23H20N2OS/c1-16(27-2)17-9-7-10-19(14-17)25-23(26)22-13-6-5-12-21(22)20-11-4-3-8-18(20)15-24/h3-14,16H,1-2H3,(H,25,26). The van der Waals surface area contributed by atoms with Gasteiger partial charge in [-0.15, -0.1) is 0 Å². The van der Waals surface area contributed by atoms with Crippen molar-refractivity contribution in [1.82, 2.24) is 0 Å². The molecule has 1 N–H and O–H groups in total. The van der Waals surface area contributed by atoms with Crippen LogP contribution in [-0.4, -0.2) is 12.2 Å². The van der Waals surface area contributed by atoms with Crippen LogP contribution in [0, 0.1) is 11.3 Å². The predicted molar refractivity (Wildman–Crippen MR) is 113 cm³/mol. The van der Waals surface area contributed by atoms with Crippen LogP contribution in [0.1, 0.15) is 33.7 Å². The normalized spacial score (nSPS) is 11.4. The zero-order chi connectivity index (χ0) is 19.2. The molecule has 1 amide bonds. The van der Waals surface area contributed by atoms with Crippen molar-refractivity contribution < 1.29 is 4.79 Å². The number of benzene rings is 3. The molecule has 0 aliphatic rings. The maximum atomic E-state index is 13.0. The number of nitrogens with zero attached hydrogens (tertiary/aromatic N) is 1. The lowest BCUT2D eigenvalue weighted by atomic mass is 9.95. The van der Waals surface area contributed by atoms with Gasteiger partial charge in [0.1, 0.15) is 0 Å². The summed E-state index contributed by atoms with van der Waals surface area (Å²) in [6.07, 6.45) is 2.07. The van der Waals surface area contributed by atoms with Crippen molar-refractivity contribution in [2.45, 2.75) is 12.2 Å². The van der Waals surface area contributed by atoms with E-state index in [-0.39, 0.29) is 5.91 Å². The van der Waals surface area contributed by atoms with Gasteiger partial charge in [-0.1, -0.05) is 48.5 Å². The number of carbonyl (C=O) groups excluding carboxylic acids is 1. The maximum absolute atomic E-state index is 13.0. The van der Waals surface area contributed by atoms with Gasteiger partial charge in [0.05, 0.1) is 11.6 Å². The first-order chi connectivity index (χ1) is 13.1. The summed E-state index contributed by atoms with van der Waals surface area (Å²) in [5.41, 5.74) is 4.54.